The molecule has 1 nitrogen and oxygen atoms in total. The third-order valence-corrected chi connectivity index (χ3v) is 5.62. The van der Waals surface area contributed by atoms with E-state index in [1.165, 1.54) is 37.2 Å². The zero-order chi connectivity index (χ0) is 15.9. The van der Waals surface area contributed by atoms with Crippen molar-refractivity contribution in [3.63, 3.8) is 0 Å². The Hall–Kier alpha value is -2.84. The zero-order valence-corrected chi connectivity index (χ0v) is 13.8. The summed E-state index contributed by atoms with van der Waals surface area (Å²) < 4.78 is 3.72. The standard InChI is InChI=1S/C22H15NS/c1-3-9-16(10-4-1)21-15-20-22(24-21)18-13-7-8-14-19(18)23(20)17-11-5-2-6-12-17/h1-15H. The second-order valence-electron chi connectivity index (χ2n) is 5.88. The van der Waals surface area contributed by atoms with Crippen LogP contribution in [-0.2, 0) is 0 Å². The zero-order valence-electron chi connectivity index (χ0n) is 13.0. The quantitative estimate of drug-likeness (QED) is 0.348. The first kappa shape index (κ1) is 13.6. The molecule has 0 atom stereocenters. The van der Waals surface area contributed by atoms with Gasteiger partial charge in [0.05, 0.1) is 15.7 Å². The largest absolute Gasteiger partial charge is 0.308 e. The van der Waals surface area contributed by atoms with Gasteiger partial charge >= 0.3 is 0 Å². The van der Waals surface area contributed by atoms with Crippen LogP contribution in [0.15, 0.2) is 91.0 Å². The number of hydrogen-bond donors (Lipinski definition) is 0. The maximum Gasteiger partial charge on any atom is 0.0655 e. The normalized spacial score (nSPS) is 11.3. The minimum atomic E-state index is 1.21. The van der Waals surface area contributed by atoms with Gasteiger partial charge in [-0.3, -0.25) is 0 Å². The Morgan fingerprint density at radius 3 is 2.08 bits per heavy atom. The number of hydrogen-bond acceptors (Lipinski definition) is 1. The predicted octanol–water partition coefficient (Wildman–Crippen LogP) is 6.51. The topological polar surface area (TPSA) is 4.93 Å². The molecule has 0 saturated carbocycles. The maximum atomic E-state index is 2.37. The molecule has 0 radical (unpaired) electrons. The third kappa shape index (κ3) is 2.00. The molecule has 5 rings (SSSR count). The fourth-order valence-electron chi connectivity index (χ4n) is 3.33. The first-order valence-electron chi connectivity index (χ1n) is 8.06. The van der Waals surface area contributed by atoms with Gasteiger partial charge in [0.15, 0.2) is 0 Å². The molecule has 0 aliphatic heterocycles. The molecule has 2 aromatic heterocycles. The molecule has 0 bridgehead atoms. The van der Waals surface area contributed by atoms with E-state index in [1.807, 2.05) is 11.3 Å². The van der Waals surface area contributed by atoms with E-state index in [0.717, 1.165) is 0 Å². The number of thiophene rings is 1. The molecule has 3 aromatic carbocycles. The van der Waals surface area contributed by atoms with Crippen LogP contribution < -0.4 is 0 Å². The van der Waals surface area contributed by atoms with Gasteiger partial charge in [0.1, 0.15) is 0 Å². The maximum absolute atomic E-state index is 2.37. The third-order valence-electron chi connectivity index (χ3n) is 4.42. The molecular formula is C22H15NS. The summed E-state index contributed by atoms with van der Waals surface area (Å²) in [5.74, 6) is 0. The highest BCUT2D eigenvalue weighted by Gasteiger charge is 2.15. The minimum Gasteiger partial charge on any atom is -0.308 e. The molecule has 24 heavy (non-hydrogen) atoms. The molecule has 0 aliphatic rings. The lowest BCUT2D eigenvalue weighted by Gasteiger charge is -2.06. The molecule has 114 valence electrons. The highest BCUT2D eigenvalue weighted by atomic mass is 32.1. The summed E-state index contributed by atoms with van der Waals surface area (Å²) in [6, 6.07) is 32.2. The summed E-state index contributed by atoms with van der Waals surface area (Å²) in [6.45, 7) is 0. The molecule has 0 aliphatic carbocycles. The number of rotatable bonds is 2. The van der Waals surface area contributed by atoms with Crippen molar-refractivity contribution >= 4 is 32.5 Å². The average molecular weight is 325 g/mol. The van der Waals surface area contributed by atoms with E-state index in [2.05, 4.69) is 95.6 Å². The molecule has 2 heterocycles. The van der Waals surface area contributed by atoms with E-state index in [0.29, 0.717) is 0 Å². The van der Waals surface area contributed by atoms with Crippen LogP contribution in [0.5, 0.6) is 0 Å². The number of benzene rings is 3. The van der Waals surface area contributed by atoms with Crippen molar-refractivity contribution in [3.8, 4) is 16.1 Å². The molecule has 0 fully saturated rings. The SMILES string of the molecule is c1ccc(-c2cc3c(s2)c2ccccc2n3-c2ccccc2)cc1. The van der Waals surface area contributed by atoms with Gasteiger partial charge in [-0.2, -0.15) is 0 Å². The van der Waals surface area contributed by atoms with Gasteiger partial charge in [0.2, 0.25) is 0 Å². The van der Waals surface area contributed by atoms with Gasteiger partial charge < -0.3 is 4.57 Å². The first-order chi connectivity index (χ1) is 11.9. The van der Waals surface area contributed by atoms with Gasteiger partial charge in [-0.15, -0.1) is 11.3 Å². The average Bonchev–Trinajstić information content (AvgIpc) is 3.20. The molecule has 0 N–H and O–H groups in total. The van der Waals surface area contributed by atoms with Crippen LogP contribution >= 0.6 is 11.3 Å². The van der Waals surface area contributed by atoms with E-state index in [-0.39, 0.29) is 0 Å². The second-order valence-corrected chi connectivity index (χ2v) is 6.93. The summed E-state index contributed by atoms with van der Waals surface area (Å²) in [4.78, 5) is 1.32. The van der Waals surface area contributed by atoms with Gasteiger partial charge in [-0.1, -0.05) is 66.7 Å². The molecule has 2 heteroatoms. The number of fused-ring (bicyclic) bond motifs is 3. The summed E-state index contributed by atoms with van der Waals surface area (Å²) in [5, 5.41) is 1.32. The first-order valence-corrected chi connectivity index (χ1v) is 8.87. The Kier molecular flexibility index (Phi) is 3.03. The fraction of sp³-hybridized carbons (Fsp3) is 0. The van der Waals surface area contributed by atoms with Crippen LogP contribution in [0.25, 0.3) is 37.2 Å². The van der Waals surface area contributed by atoms with Crippen LogP contribution in [0.1, 0.15) is 0 Å². The van der Waals surface area contributed by atoms with Gasteiger partial charge in [0.25, 0.3) is 0 Å². The van der Waals surface area contributed by atoms with Crippen LogP contribution in [0, 0.1) is 0 Å². The van der Waals surface area contributed by atoms with E-state index < -0.39 is 0 Å². The smallest absolute Gasteiger partial charge is 0.0655 e. The lowest BCUT2D eigenvalue weighted by atomic mass is 10.2. The Bertz CT molecular complexity index is 1130. The highest BCUT2D eigenvalue weighted by molar-refractivity contribution is 7.23. The van der Waals surface area contributed by atoms with Crippen molar-refractivity contribution < 1.29 is 0 Å². The van der Waals surface area contributed by atoms with Gasteiger partial charge in [-0.25, -0.2) is 0 Å². The van der Waals surface area contributed by atoms with Crippen LogP contribution in [0.2, 0.25) is 0 Å². The molecule has 0 unspecified atom stereocenters. The van der Waals surface area contributed by atoms with E-state index in [9.17, 15) is 0 Å². The molecule has 0 saturated heterocycles. The Balaban J connectivity index is 1.87. The van der Waals surface area contributed by atoms with Crippen molar-refractivity contribution in [1.82, 2.24) is 4.57 Å². The number of para-hydroxylation sites is 2. The van der Waals surface area contributed by atoms with Crippen LogP contribution in [0.3, 0.4) is 0 Å². The lowest BCUT2D eigenvalue weighted by Crippen LogP contribution is -1.92. The van der Waals surface area contributed by atoms with E-state index >= 15 is 0 Å². The highest BCUT2D eigenvalue weighted by Crippen LogP contribution is 2.40. The predicted molar refractivity (Wildman–Crippen MR) is 104 cm³/mol. The summed E-state index contributed by atoms with van der Waals surface area (Å²) in [7, 11) is 0. The van der Waals surface area contributed by atoms with Crippen molar-refractivity contribution in [2.45, 2.75) is 0 Å². The summed E-state index contributed by atoms with van der Waals surface area (Å²) in [6.07, 6.45) is 0. The van der Waals surface area contributed by atoms with Gasteiger partial charge in [-0.05, 0) is 29.8 Å². The molecule has 0 amide bonds. The Labute approximate surface area is 144 Å². The van der Waals surface area contributed by atoms with Gasteiger partial charge in [0, 0.05) is 16.0 Å². The second kappa shape index (κ2) is 5.36. The minimum absolute atomic E-state index is 1.21. The van der Waals surface area contributed by atoms with Crippen LogP contribution in [0.4, 0.5) is 0 Å². The van der Waals surface area contributed by atoms with Crippen molar-refractivity contribution in [3.05, 3.63) is 91.0 Å². The molecule has 0 spiro atoms. The molecule has 5 aromatic rings. The summed E-state index contributed by atoms with van der Waals surface area (Å²) >= 11 is 1.87. The van der Waals surface area contributed by atoms with E-state index in [1.54, 1.807) is 0 Å². The Morgan fingerprint density at radius 2 is 1.29 bits per heavy atom. The van der Waals surface area contributed by atoms with Crippen molar-refractivity contribution in [2.24, 2.45) is 0 Å². The van der Waals surface area contributed by atoms with Crippen LogP contribution in [-0.4, -0.2) is 4.57 Å². The monoisotopic (exact) mass is 325 g/mol. The van der Waals surface area contributed by atoms with E-state index in [4.69, 9.17) is 0 Å². The lowest BCUT2D eigenvalue weighted by molar-refractivity contribution is 1.18. The van der Waals surface area contributed by atoms with Crippen molar-refractivity contribution in [2.75, 3.05) is 0 Å². The summed E-state index contributed by atoms with van der Waals surface area (Å²) in [5.41, 5.74) is 5.04. The Morgan fingerprint density at radius 1 is 0.625 bits per heavy atom. The van der Waals surface area contributed by atoms with Crippen molar-refractivity contribution in [1.29, 1.82) is 0 Å². The fourth-order valence-corrected chi connectivity index (χ4v) is 4.51. The molecular weight excluding hydrogens is 310 g/mol. The number of aromatic nitrogens is 1. The number of nitrogens with zero attached hydrogens (tertiary/aromatic N) is 1.